The fourth-order valence-electron chi connectivity index (χ4n) is 2.26. The summed E-state index contributed by atoms with van der Waals surface area (Å²) in [6, 6.07) is 8.48. The third-order valence-electron chi connectivity index (χ3n) is 3.33. The van der Waals surface area contributed by atoms with Crippen LogP contribution in [0.2, 0.25) is 0 Å². The van der Waals surface area contributed by atoms with E-state index in [1.54, 1.807) is 30.3 Å². The van der Waals surface area contributed by atoms with Crippen LogP contribution in [0.25, 0.3) is 5.69 Å². The van der Waals surface area contributed by atoms with Crippen LogP contribution in [0.1, 0.15) is 0 Å². The molecule has 1 aromatic heterocycles. The van der Waals surface area contributed by atoms with E-state index in [1.165, 1.54) is 0 Å². The van der Waals surface area contributed by atoms with Gasteiger partial charge in [-0.3, -0.25) is 0 Å². The van der Waals surface area contributed by atoms with Crippen molar-refractivity contribution >= 4 is 10.0 Å². The number of ether oxygens (including phenoxy) is 1. The lowest BCUT2D eigenvalue weighted by Crippen LogP contribution is -2.41. The molecule has 124 valence electrons. The lowest BCUT2D eigenvalue weighted by molar-refractivity contribution is -0.0631. The van der Waals surface area contributed by atoms with E-state index in [0.29, 0.717) is 9.99 Å². The third kappa shape index (κ3) is 3.23. The van der Waals surface area contributed by atoms with E-state index in [9.17, 15) is 17.2 Å². The zero-order valence-electron chi connectivity index (χ0n) is 12.0. The molecular weight excluding hydrogens is 330 g/mol. The number of benzene rings is 1. The maximum Gasteiger partial charge on any atom is 0.284 e. The number of aromatic nitrogens is 3. The van der Waals surface area contributed by atoms with Crippen molar-refractivity contribution in [1.82, 2.24) is 19.3 Å². The third-order valence-corrected chi connectivity index (χ3v) is 5.13. The molecule has 0 saturated carbocycles. The minimum Gasteiger partial charge on any atom is -0.374 e. The van der Waals surface area contributed by atoms with Gasteiger partial charge in [-0.15, -0.1) is 5.10 Å². The summed E-state index contributed by atoms with van der Waals surface area (Å²) in [7, 11) is -4.18. The van der Waals surface area contributed by atoms with Crippen molar-refractivity contribution in [3.63, 3.8) is 0 Å². The SMILES string of the molecule is O=S(=O)(c1cnnn1-c1ccccc1)N1CCOCC(F)(F)C1. The first kappa shape index (κ1) is 16.0. The molecule has 0 bridgehead atoms. The fourth-order valence-corrected chi connectivity index (χ4v) is 3.74. The molecule has 0 amide bonds. The second-order valence-electron chi connectivity index (χ2n) is 5.07. The van der Waals surface area contributed by atoms with E-state index in [2.05, 4.69) is 10.3 Å². The van der Waals surface area contributed by atoms with Crippen molar-refractivity contribution in [3.8, 4) is 5.69 Å². The Kier molecular flexibility index (Phi) is 4.13. The van der Waals surface area contributed by atoms with Gasteiger partial charge >= 0.3 is 0 Å². The molecule has 2 heterocycles. The Hall–Kier alpha value is -1.91. The maximum absolute atomic E-state index is 13.6. The van der Waals surface area contributed by atoms with Crippen LogP contribution in [0, 0.1) is 0 Å². The highest BCUT2D eigenvalue weighted by molar-refractivity contribution is 7.89. The van der Waals surface area contributed by atoms with Gasteiger partial charge in [0.05, 0.1) is 25.0 Å². The molecule has 3 rings (SSSR count). The summed E-state index contributed by atoms with van der Waals surface area (Å²) < 4.78 is 59.3. The zero-order chi connectivity index (χ0) is 16.5. The normalized spacial score (nSPS) is 19.4. The predicted molar refractivity (Wildman–Crippen MR) is 75.9 cm³/mol. The number of hydrogen-bond donors (Lipinski definition) is 0. The highest BCUT2D eigenvalue weighted by Crippen LogP contribution is 2.24. The summed E-state index contributed by atoms with van der Waals surface area (Å²) in [6.07, 6.45) is 1.05. The summed E-state index contributed by atoms with van der Waals surface area (Å²) >= 11 is 0. The molecule has 0 aliphatic carbocycles. The highest BCUT2D eigenvalue weighted by Gasteiger charge is 2.40. The Balaban J connectivity index is 1.99. The monoisotopic (exact) mass is 344 g/mol. The van der Waals surface area contributed by atoms with Gasteiger partial charge in [-0.1, -0.05) is 23.4 Å². The van der Waals surface area contributed by atoms with Crippen LogP contribution in [0.15, 0.2) is 41.6 Å². The average molecular weight is 344 g/mol. The molecule has 0 N–H and O–H groups in total. The quantitative estimate of drug-likeness (QED) is 0.828. The first-order chi connectivity index (χ1) is 10.9. The Morgan fingerprint density at radius 2 is 1.96 bits per heavy atom. The number of hydrogen-bond acceptors (Lipinski definition) is 5. The summed E-state index contributed by atoms with van der Waals surface area (Å²) in [4.78, 5) is 0. The molecule has 23 heavy (non-hydrogen) atoms. The molecule has 7 nitrogen and oxygen atoms in total. The smallest absolute Gasteiger partial charge is 0.284 e. The Morgan fingerprint density at radius 1 is 1.22 bits per heavy atom. The molecule has 10 heteroatoms. The van der Waals surface area contributed by atoms with Crippen molar-refractivity contribution < 1.29 is 21.9 Å². The molecule has 2 aromatic rings. The molecule has 1 saturated heterocycles. The Bertz CT molecular complexity index is 780. The van der Waals surface area contributed by atoms with Gasteiger partial charge in [0, 0.05) is 6.54 Å². The van der Waals surface area contributed by atoms with E-state index >= 15 is 0 Å². The molecule has 1 aliphatic heterocycles. The van der Waals surface area contributed by atoms with E-state index in [0.717, 1.165) is 10.9 Å². The van der Waals surface area contributed by atoms with E-state index < -0.39 is 29.1 Å². The summed E-state index contributed by atoms with van der Waals surface area (Å²) in [5.41, 5.74) is 0.474. The Labute approximate surface area is 131 Å². The van der Waals surface area contributed by atoms with Crippen molar-refractivity contribution in [2.45, 2.75) is 10.9 Å². The fraction of sp³-hybridized carbons (Fsp3) is 0.385. The van der Waals surface area contributed by atoms with Gasteiger partial charge in [-0.2, -0.15) is 4.31 Å². The van der Waals surface area contributed by atoms with Gasteiger partial charge in [-0.05, 0) is 12.1 Å². The van der Waals surface area contributed by atoms with Crippen molar-refractivity contribution in [3.05, 3.63) is 36.5 Å². The van der Waals surface area contributed by atoms with Crippen LogP contribution in [-0.2, 0) is 14.8 Å². The van der Waals surface area contributed by atoms with Gasteiger partial charge in [0.2, 0.25) is 0 Å². The van der Waals surface area contributed by atoms with Gasteiger partial charge in [0.1, 0.15) is 6.61 Å². The number of rotatable bonds is 3. The van der Waals surface area contributed by atoms with Gasteiger partial charge < -0.3 is 4.74 Å². The number of sulfonamides is 1. The van der Waals surface area contributed by atoms with E-state index in [-0.39, 0.29) is 18.2 Å². The largest absolute Gasteiger partial charge is 0.374 e. The zero-order valence-corrected chi connectivity index (χ0v) is 12.8. The number of halogens is 2. The minimum atomic E-state index is -4.18. The number of para-hydroxylation sites is 1. The Morgan fingerprint density at radius 3 is 2.70 bits per heavy atom. The van der Waals surface area contributed by atoms with Gasteiger partial charge in [0.25, 0.3) is 15.9 Å². The van der Waals surface area contributed by atoms with Crippen molar-refractivity contribution in [1.29, 1.82) is 0 Å². The first-order valence-corrected chi connectivity index (χ1v) is 8.26. The van der Waals surface area contributed by atoms with Gasteiger partial charge in [-0.25, -0.2) is 21.9 Å². The molecule has 1 fully saturated rings. The molecule has 0 radical (unpaired) electrons. The van der Waals surface area contributed by atoms with Crippen molar-refractivity contribution in [2.75, 3.05) is 26.3 Å². The molecular formula is C13H14F2N4O3S. The molecule has 1 aromatic carbocycles. The van der Waals surface area contributed by atoms with Crippen LogP contribution in [-0.4, -0.2) is 59.9 Å². The number of alkyl halides is 2. The van der Waals surface area contributed by atoms with Gasteiger partial charge in [0.15, 0.2) is 5.03 Å². The summed E-state index contributed by atoms with van der Waals surface area (Å²) in [5, 5.41) is 7.09. The van der Waals surface area contributed by atoms with Crippen molar-refractivity contribution in [2.24, 2.45) is 0 Å². The van der Waals surface area contributed by atoms with Crippen LogP contribution in [0.5, 0.6) is 0 Å². The second-order valence-corrected chi connectivity index (χ2v) is 6.95. The van der Waals surface area contributed by atoms with E-state index in [1.807, 2.05) is 0 Å². The lowest BCUT2D eigenvalue weighted by Gasteiger charge is -2.22. The van der Waals surface area contributed by atoms with Crippen LogP contribution in [0.3, 0.4) is 0 Å². The minimum absolute atomic E-state index is 0.0955. The number of nitrogens with zero attached hydrogens (tertiary/aromatic N) is 4. The lowest BCUT2D eigenvalue weighted by atomic mass is 10.3. The molecule has 0 spiro atoms. The highest BCUT2D eigenvalue weighted by atomic mass is 32.2. The predicted octanol–water partition coefficient (Wildman–Crippen LogP) is 0.923. The molecule has 1 aliphatic rings. The molecule has 0 atom stereocenters. The first-order valence-electron chi connectivity index (χ1n) is 6.82. The van der Waals surface area contributed by atoms with Crippen LogP contribution < -0.4 is 0 Å². The van der Waals surface area contributed by atoms with Crippen LogP contribution >= 0.6 is 0 Å². The topological polar surface area (TPSA) is 77.3 Å². The molecule has 0 unspecified atom stereocenters. The van der Waals surface area contributed by atoms with Crippen LogP contribution in [0.4, 0.5) is 8.78 Å². The standard InChI is InChI=1S/C13H14F2N4O3S/c14-13(15)9-18(6-7-22-10-13)23(20,21)12-8-16-17-19(12)11-4-2-1-3-5-11/h1-5,8H,6-7,9-10H2. The second kappa shape index (κ2) is 5.95. The maximum atomic E-state index is 13.6. The van der Waals surface area contributed by atoms with E-state index in [4.69, 9.17) is 4.74 Å². The summed E-state index contributed by atoms with van der Waals surface area (Å²) in [6.45, 7) is -1.98. The average Bonchev–Trinajstić information content (AvgIpc) is 2.94. The summed E-state index contributed by atoms with van der Waals surface area (Å²) in [5.74, 6) is -3.24.